The zero-order valence-corrected chi connectivity index (χ0v) is 17.0. The van der Waals surface area contributed by atoms with E-state index in [9.17, 15) is 24.3 Å². The van der Waals surface area contributed by atoms with E-state index in [-0.39, 0.29) is 6.61 Å². The number of aliphatic hydroxyl groups excluding tert-OH is 1. The van der Waals surface area contributed by atoms with Crippen LogP contribution in [-0.2, 0) is 19.1 Å². The summed E-state index contributed by atoms with van der Waals surface area (Å²) in [5.74, 6) is -3.16. The third kappa shape index (κ3) is 6.93. The fourth-order valence-corrected chi connectivity index (χ4v) is 2.84. The van der Waals surface area contributed by atoms with Gasteiger partial charge in [-0.2, -0.15) is 0 Å². The van der Waals surface area contributed by atoms with Crippen molar-refractivity contribution in [3.8, 4) is 0 Å². The lowest BCUT2D eigenvalue weighted by atomic mass is 9.99. The number of nitrogens with one attached hydrogen (secondary N) is 2. The van der Waals surface area contributed by atoms with Crippen LogP contribution in [0, 0.1) is 0 Å². The summed E-state index contributed by atoms with van der Waals surface area (Å²) in [6, 6.07) is 14.2. The molecule has 0 aromatic heterocycles. The zero-order valence-electron chi connectivity index (χ0n) is 17.0. The van der Waals surface area contributed by atoms with Crippen molar-refractivity contribution in [2.45, 2.75) is 31.5 Å². The second-order valence-corrected chi connectivity index (χ2v) is 6.65. The number of benzene rings is 2. The van der Waals surface area contributed by atoms with Crippen molar-refractivity contribution < 1.29 is 29.0 Å². The van der Waals surface area contributed by atoms with Crippen LogP contribution in [0.1, 0.15) is 35.3 Å². The van der Waals surface area contributed by atoms with Crippen LogP contribution in [0.25, 0.3) is 0 Å². The number of amides is 3. The maximum Gasteiger partial charge on any atom is 0.308 e. The van der Waals surface area contributed by atoms with E-state index in [1.165, 1.54) is 0 Å². The Bertz CT molecular complexity index is 904. The summed E-state index contributed by atoms with van der Waals surface area (Å²) in [6.45, 7) is 1.70. The molecule has 0 saturated heterocycles. The van der Waals surface area contributed by atoms with Crippen LogP contribution in [0.2, 0.25) is 0 Å². The molecule has 2 aromatic carbocycles. The van der Waals surface area contributed by atoms with Crippen LogP contribution >= 0.6 is 0 Å². The lowest BCUT2D eigenvalue weighted by Crippen LogP contribution is -2.52. The molecule has 0 aliphatic carbocycles. The van der Waals surface area contributed by atoms with Crippen LogP contribution in [0.15, 0.2) is 60.7 Å². The molecule has 0 radical (unpaired) electrons. The van der Waals surface area contributed by atoms with E-state index in [0.29, 0.717) is 11.1 Å². The van der Waals surface area contributed by atoms with Gasteiger partial charge in [0.25, 0.3) is 11.8 Å². The highest BCUT2D eigenvalue weighted by Gasteiger charge is 2.32. The predicted molar refractivity (Wildman–Crippen MR) is 111 cm³/mol. The number of hydrogen-bond donors (Lipinski definition) is 4. The number of rotatable bonds is 10. The Morgan fingerprint density at radius 1 is 0.968 bits per heavy atom. The van der Waals surface area contributed by atoms with E-state index < -0.39 is 48.3 Å². The number of primary amides is 1. The van der Waals surface area contributed by atoms with E-state index in [2.05, 4.69) is 10.6 Å². The fraction of sp³-hybridized carbons (Fsp3) is 0.273. The quantitative estimate of drug-likeness (QED) is 0.405. The highest BCUT2D eigenvalue weighted by Crippen LogP contribution is 2.18. The van der Waals surface area contributed by atoms with Gasteiger partial charge in [0.1, 0.15) is 6.04 Å². The van der Waals surface area contributed by atoms with Crippen molar-refractivity contribution in [1.82, 2.24) is 10.6 Å². The number of carbonyl (C=O) groups is 4. The number of hydrogen-bond acceptors (Lipinski definition) is 6. The Morgan fingerprint density at radius 3 is 2.10 bits per heavy atom. The normalized spacial score (nSPS) is 13.4. The molecule has 3 amide bonds. The van der Waals surface area contributed by atoms with E-state index >= 15 is 0 Å². The molecule has 2 rings (SSSR count). The molecule has 0 bridgehead atoms. The van der Waals surface area contributed by atoms with Crippen molar-refractivity contribution in [3.63, 3.8) is 0 Å². The minimum atomic E-state index is -1.76. The molecular weight excluding hydrogens is 402 g/mol. The first kappa shape index (κ1) is 23.6. The van der Waals surface area contributed by atoms with Crippen molar-refractivity contribution in [3.05, 3.63) is 71.8 Å². The maximum absolute atomic E-state index is 12.7. The van der Waals surface area contributed by atoms with Crippen LogP contribution < -0.4 is 16.4 Å². The minimum absolute atomic E-state index is 0.0997. The molecule has 0 aliphatic heterocycles. The number of carbonyl (C=O) groups excluding carboxylic acids is 4. The Kier molecular flexibility index (Phi) is 8.71. The standard InChI is InChI=1S/C22H25N3O6/c1-2-31-17(26)13-16(20(23)28)24-22(30)19(27)18(14-9-5-3-6-10-14)25-21(29)15-11-7-4-8-12-15/h3-12,16,18-19,27H,2,13H2,1H3,(H2,23,28)(H,24,30)(H,25,29)/t16-,18-,19+/m0/s1. The van der Waals surface area contributed by atoms with Crippen LogP contribution in [0.4, 0.5) is 0 Å². The van der Waals surface area contributed by atoms with Crippen LogP contribution in [0.5, 0.6) is 0 Å². The van der Waals surface area contributed by atoms with Gasteiger partial charge in [0.05, 0.1) is 19.1 Å². The molecule has 0 unspecified atom stereocenters. The zero-order chi connectivity index (χ0) is 22.8. The average Bonchev–Trinajstić information content (AvgIpc) is 2.77. The summed E-state index contributed by atoms with van der Waals surface area (Å²) in [6.07, 6.45) is -2.24. The summed E-state index contributed by atoms with van der Waals surface area (Å²) < 4.78 is 4.77. The van der Waals surface area contributed by atoms with Crippen LogP contribution in [0.3, 0.4) is 0 Å². The number of ether oxygens (including phenoxy) is 1. The van der Waals surface area contributed by atoms with E-state index in [1.807, 2.05) is 0 Å². The van der Waals surface area contributed by atoms with Gasteiger partial charge in [-0.3, -0.25) is 19.2 Å². The first-order chi connectivity index (χ1) is 14.8. The van der Waals surface area contributed by atoms with Gasteiger partial charge in [-0.25, -0.2) is 0 Å². The summed E-state index contributed by atoms with van der Waals surface area (Å²) >= 11 is 0. The number of nitrogens with two attached hydrogens (primary N) is 1. The van der Waals surface area contributed by atoms with Crippen molar-refractivity contribution in [2.75, 3.05) is 6.61 Å². The van der Waals surface area contributed by atoms with Crippen molar-refractivity contribution >= 4 is 23.7 Å². The van der Waals surface area contributed by atoms with Crippen molar-refractivity contribution in [1.29, 1.82) is 0 Å². The highest BCUT2D eigenvalue weighted by atomic mass is 16.5. The maximum atomic E-state index is 12.7. The predicted octanol–water partition coefficient (Wildman–Crippen LogP) is 0.442. The first-order valence-corrected chi connectivity index (χ1v) is 9.67. The molecule has 3 atom stereocenters. The second-order valence-electron chi connectivity index (χ2n) is 6.65. The molecule has 0 aliphatic rings. The summed E-state index contributed by atoms with van der Waals surface area (Å²) in [4.78, 5) is 48.6. The molecule has 0 saturated carbocycles. The summed E-state index contributed by atoms with van der Waals surface area (Å²) in [5, 5.41) is 15.6. The Labute approximate surface area is 179 Å². The van der Waals surface area contributed by atoms with Gasteiger partial charge in [-0.05, 0) is 24.6 Å². The number of esters is 1. The second kappa shape index (κ2) is 11.5. The Hall–Kier alpha value is -3.72. The molecule has 164 valence electrons. The third-order valence-electron chi connectivity index (χ3n) is 4.40. The topological polar surface area (TPSA) is 148 Å². The summed E-state index contributed by atoms with van der Waals surface area (Å²) in [7, 11) is 0. The van der Waals surface area contributed by atoms with Gasteiger partial charge < -0.3 is 26.2 Å². The van der Waals surface area contributed by atoms with Gasteiger partial charge in [0.15, 0.2) is 6.10 Å². The van der Waals surface area contributed by atoms with E-state index in [0.717, 1.165) is 0 Å². The molecular formula is C22H25N3O6. The first-order valence-electron chi connectivity index (χ1n) is 9.67. The molecule has 9 nitrogen and oxygen atoms in total. The highest BCUT2D eigenvalue weighted by molar-refractivity contribution is 5.95. The molecule has 9 heteroatoms. The van der Waals surface area contributed by atoms with Gasteiger partial charge in [0, 0.05) is 5.56 Å². The summed E-state index contributed by atoms with van der Waals surface area (Å²) in [5.41, 5.74) is 6.07. The minimum Gasteiger partial charge on any atom is -0.466 e. The molecule has 31 heavy (non-hydrogen) atoms. The van der Waals surface area contributed by atoms with Crippen LogP contribution in [-0.4, -0.2) is 47.6 Å². The molecule has 0 fully saturated rings. The van der Waals surface area contributed by atoms with Gasteiger partial charge in [-0.15, -0.1) is 0 Å². The third-order valence-corrected chi connectivity index (χ3v) is 4.40. The van der Waals surface area contributed by atoms with Gasteiger partial charge >= 0.3 is 5.97 Å². The SMILES string of the molecule is CCOC(=O)C[C@H](NC(=O)[C@H](O)[C@@H](NC(=O)c1ccccc1)c1ccccc1)C(N)=O. The lowest BCUT2D eigenvalue weighted by Gasteiger charge is -2.25. The van der Waals surface area contributed by atoms with Crippen molar-refractivity contribution in [2.24, 2.45) is 5.73 Å². The molecule has 0 heterocycles. The average molecular weight is 427 g/mol. The smallest absolute Gasteiger partial charge is 0.308 e. The monoisotopic (exact) mass is 427 g/mol. The number of aliphatic hydroxyl groups is 1. The molecule has 2 aromatic rings. The van der Waals surface area contributed by atoms with E-state index in [4.69, 9.17) is 10.5 Å². The Morgan fingerprint density at radius 2 is 1.55 bits per heavy atom. The fourth-order valence-electron chi connectivity index (χ4n) is 2.84. The molecule has 5 N–H and O–H groups in total. The Balaban J connectivity index is 2.20. The largest absolute Gasteiger partial charge is 0.466 e. The molecule has 0 spiro atoms. The van der Waals surface area contributed by atoms with E-state index in [1.54, 1.807) is 67.6 Å². The lowest BCUT2D eigenvalue weighted by molar-refractivity contribution is -0.146. The van der Waals surface area contributed by atoms with Gasteiger partial charge in [0.2, 0.25) is 5.91 Å². The van der Waals surface area contributed by atoms with Gasteiger partial charge in [-0.1, -0.05) is 48.5 Å².